The van der Waals surface area contributed by atoms with Crippen molar-refractivity contribution < 1.29 is 24.2 Å². The fourth-order valence-electron chi connectivity index (χ4n) is 4.28. The van der Waals surface area contributed by atoms with Gasteiger partial charge in [0.15, 0.2) is 0 Å². The maximum Gasteiger partial charge on any atom is 0.408 e. The van der Waals surface area contributed by atoms with Crippen LogP contribution in [0.3, 0.4) is 0 Å². The van der Waals surface area contributed by atoms with Crippen LogP contribution >= 0.6 is 0 Å². The summed E-state index contributed by atoms with van der Waals surface area (Å²) < 4.78 is 5.45. The summed E-state index contributed by atoms with van der Waals surface area (Å²) in [5.74, 6) is -0.384. The van der Waals surface area contributed by atoms with Gasteiger partial charge >= 0.3 is 6.09 Å². The molecule has 0 radical (unpaired) electrons. The molecule has 216 valence electrons. The Bertz CT molecular complexity index is 908. The van der Waals surface area contributed by atoms with Gasteiger partial charge in [-0.2, -0.15) is 0 Å². The number of amides is 3. The molecule has 0 bridgehead atoms. The molecule has 0 fully saturated rings. The van der Waals surface area contributed by atoms with E-state index in [4.69, 9.17) is 4.74 Å². The molecule has 8 nitrogen and oxygen atoms in total. The third-order valence-electron chi connectivity index (χ3n) is 6.01. The molecular formula is C30H51N3O5. The van der Waals surface area contributed by atoms with Crippen LogP contribution in [0.1, 0.15) is 111 Å². The average Bonchev–Trinajstić information content (AvgIpc) is 2.77. The number of phenolic OH excluding ortho intramolecular Hbond substituents is 1. The van der Waals surface area contributed by atoms with Gasteiger partial charge < -0.3 is 25.4 Å². The molecule has 3 amide bonds. The van der Waals surface area contributed by atoms with Gasteiger partial charge in [0.1, 0.15) is 23.4 Å². The van der Waals surface area contributed by atoms with Crippen LogP contribution in [0.5, 0.6) is 5.75 Å². The Morgan fingerprint density at radius 1 is 1.00 bits per heavy atom. The Hall–Kier alpha value is -2.77. The topological polar surface area (TPSA) is 108 Å². The van der Waals surface area contributed by atoms with E-state index in [2.05, 4.69) is 17.6 Å². The smallest absolute Gasteiger partial charge is 0.408 e. The molecule has 1 aromatic carbocycles. The maximum absolute atomic E-state index is 14.2. The number of aryl methyl sites for hydroxylation is 1. The minimum absolute atomic E-state index is 0.115. The molecular weight excluding hydrogens is 482 g/mol. The second-order valence-electron chi connectivity index (χ2n) is 11.9. The molecule has 3 N–H and O–H groups in total. The van der Waals surface area contributed by atoms with Crippen LogP contribution in [0.25, 0.3) is 0 Å². The van der Waals surface area contributed by atoms with E-state index in [0.29, 0.717) is 24.1 Å². The van der Waals surface area contributed by atoms with Crippen LogP contribution < -0.4 is 10.6 Å². The van der Waals surface area contributed by atoms with E-state index in [1.165, 1.54) is 0 Å². The number of carbonyl (C=O) groups is 3. The van der Waals surface area contributed by atoms with Gasteiger partial charge in [-0.3, -0.25) is 9.59 Å². The SMILES string of the molecule is CCCCCCCN(C(=O)C(CC(C)C)NC(=O)OC(C)(C)C)C(C(=O)NC(C)C)c1ccc(O)c(C)c1. The molecule has 8 heteroatoms. The van der Waals surface area contributed by atoms with Crippen LogP contribution in [-0.2, 0) is 14.3 Å². The predicted octanol–water partition coefficient (Wildman–Crippen LogP) is 6.00. The van der Waals surface area contributed by atoms with E-state index in [0.717, 1.165) is 32.1 Å². The van der Waals surface area contributed by atoms with E-state index in [9.17, 15) is 19.5 Å². The number of carbonyl (C=O) groups excluding carboxylic acids is 3. The summed E-state index contributed by atoms with van der Waals surface area (Å²) in [7, 11) is 0. The molecule has 1 rings (SSSR count). The highest BCUT2D eigenvalue weighted by Gasteiger charge is 2.36. The first-order chi connectivity index (χ1) is 17.7. The summed E-state index contributed by atoms with van der Waals surface area (Å²) in [5, 5.41) is 15.9. The van der Waals surface area contributed by atoms with Gasteiger partial charge in [0.05, 0.1) is 0 Å². The number of hydrogen-bond acceptors (Lipinski definition) is 5. The quantitative estimate of drug-likeness (QED) is 0.254. The molecule has 0 heterocycles. The number of ether oxygens (including phenoxy) is 1. The highest BCUT2D eigenvalue weighted by molar-refractivity contribution is 5.92. The Morgan fingerprint density at radius 2 is 1.63 bits per heavy atom. The van der Waals surface area contributed by atoms with E-state index < -0.39 is 23.8 Å². The lowest BCUT2D eigenvalue weighted by atomic mass is 9.97. The fraction of sp³-hybridized carbons (Fsp3) is 0.700. The summed E-state index contributed by atoms with van der Waals surface area (Å²) in [6.45, 7) is 17.3. The molecule has 2 atom stereocenters. The Labute approximate surface area is 229 Å². The minimum Gasteiger partial charge on any atom is -0.508 e. The highest BCUT2D eigenvalue weighted by Crippen LogP contribution is 2.28. The first-order valence-corrected chi connectivity index (χ1v) is 14.1. The van der Waals surface area contributed by atoms with Crippen LogP contribution in [0.15, 0.2) is 18.2 Å². The van der Waals surface area contributed by atoms with Crippen molar-refractivity contribution in [3.05, 3.63) is 29.3 Å². The summed E-state index contributed by atoms with van der Waals surface area (Å²) in [5.41, 5.74) is 0.518. The number of alkyl carbamates (subject to hydrolysis) is 1. The van der Waals surface area contributed by atoms with Gasteiger partial charge in [0, 0.05) is 12.6 Å². The fourth-order valence-corrected chi connectivity index (χ4v) is 4.28. The average molecular weight is 534 g/mol. The Balaban J connectivity index is 3.50. The molecule has 0 aromatic heterocycles. The van der Waals surface area contributed by atoms with Gasteiger partial charge in [0.2, 0.25) is 11.8 Å². The number of phenols is 1. The summed E-state index contributed by atoms with van der Waals surface area (Å²) in [4.78, 5) is 42.1. The monoisotopic (exact) mass is 533 g/mol. The summed E-state index contributed by atoms with van der Waals surface area (Å²) in [6, 6.07) is 3.09. The Morgan fingerprint density at radius 3 is 2.16 bits per heavy atom. The largest absolute Gasteiger partial charge is 0.508 e. The summed E-state index contributed by atoms with van der Waals surface area (Å²) in [6.07, 6.45) is 4.66. The third kappa shape index (κ3) is 11.7. The standard InChI is InChI=1S/C30H51N3O5/c1-10-11-12-13-14-17-33(28(36)24(18-20(2)3)32-29(37)38-30(7,8)9)26(27(35)31-21(4)5)23-15-16-25(34)22(6)19-23/h15-16,19-21,24,26,34H,10-14,17-18H2,1-9H3,(H,31,35)(H,32,37). The van der Waals surface area contributed by atoms with E-state index in [1.807, 2.05) is 27.7 Å². The van der Waals surface area contributed by atoms with Crippen molar-refractivity contribution in [1.82, 2.24) is 15.5 Å². The number of benzene rings is 1. The van der Waals surface area contributed by atoms with Crippen LogP contribution in [-0.4, -0.2) is 52.1 Å². The predicted molar refractivity (Wildman–Crippen MR) is 152 cm³/mol. The van der Waals surface area contributed by atoms with Crippen LogP contribution in [0.2, 0.25) is 0 Å². The second kappa shape index (κ2) is 15.6. The molecule has 0 aliphatic carbocycles. The van der Waals surface area contributed by atoms with E-state index in [1.54, 1.807) is 50.8 Å². The van der Waals surface area contributed by atoms with Crippen molar-refractivity contribution in [3.63, 3.8) is 0 Å². The molecule has 0 aliphatic heterocycles. The van der Waals surface area contributed by atoms with Crippen molar-refractivity contribution in [2.45, 2.75) is 125 Å². The van der Waals surface area contributed by atoms with Crippen molar-refractivity contribution in [2.75, 3.05) is 6.54 Å². The van der Waals surface area contributed by atoms with Crippen LogP contribution in [0.4, 0.5) is 4.79 Å². The second-order valence-corrected chi connectivity index (χ2v) is 11.9. The molecule has 0 aliphatic rings. The Kier molecular flexibility index (Phi) is 13.6. The van der Waals surface area contributed by atoms with Crippen LogP contribution in [0, 0.1) is 12.8 Å². The number of aromatic hydroxyl groups is 1. The zero-order chi connectivity index (χ0) is 29.0. The molecule has 0 saturated heterocycles. The number of nitrogens with one attached hydrogen (secondary N) is 2. The first-order valence-electron chi connectivity index (χ1n) is 14.1. The maximum atomic E-state index is 14.2. The number of hydrogen-bond donors (Lipinski definition) is 3. The van der Waals surface area contributed by atoms with Crippen molar-refractivity contribution in [2.24, 2.45) is 5.92 Å². The lowest BCUT2D eigenvalue weighted by molar-refractivity contribution is -0.143. The normalized spacial score (nSPS) is 13.2. The van der Waals surface area contributed by atoms with Gasteiger partial charge in [-0.1, -0.05) is 52.5 Å². The van der Waals surface area contributed by atoms with E-state index >= 15 is 0 Å². The molecule has 0 spiro atoms. The third-order valence-corrected chi connectivity index (χ3v) is 6.01. The van der Waals surface area contributed by atoms with Crippen molar-refractivity contribution in [3.8, 4) is 5.75 Å². The molecule has 0 saturated carbocycles. The minimum atomic E-state index is -0.912. The summed E-state index contributed by atoms with van der Waals surface area (Å²) >= 11 is 0. The zero-order valence-electron chi connectivity index (χ0n) is 25.0. The van der Waals surface area contributed by atoms with Gasteiger partial charge in [-0.05, 0) is 83.6 Å². The van der Waals surface area contributed by atoms with Crippen molar-refractivity contribution in [1.29, 1.82) is 0 Å². The molecule has 1 aromatic rings. The van der Waals surface area contributed by atoms with Gasteiger partial charge in [0.25, 0.3) is 0 Å². The number of rotatable bonds is 14. The molecule has 2 unspecified atom stereocenters. The van der Waals surface area contributed by atoms with Gasteiger partial charge in [-0.25, -0.2) is 4.79 Å². The van der Waals surface area contributed by atoms with Gasteiger partial charge in [-0.15, -0.1) is 0 Å². The van der Waals surface area contributed by atoms with E-state index in [-0.39, 0.29) is 29.5 Å². The lowest BCUT2D eigenvalue weighted by Gasteiger charge is -2.35. The molecule has 38 heavy (non-hydrogen) atoms. The zero-order valence-corrected chi connectivity index (χ0v) is 25.0. The van der Waals surface area contributed by atoms with Crippen molar-refractivity contribution >= 4 is 17.9 Å². The first kappa shape index (κ1) is 33.3. The number of nitrogens with zero attached hydrogens (tertiary/aromatic N) is 1. The lowest BCUT2D eigenvalue weighted by Crippen LogP contribution is -2.54. The number of unbranched alkanes of at least 4 members (excludes halogenated alkanes) is 4. The highest BCUT2D eigenvalue weighted by atomic mass is 16.6.